The van der Waals surface area contributed by atoms with Crippen molar-refractivity contribution >= 4 is 22.2 Å². The van der Waals surface area contributed by atoms with E-state index in [1.165, 1.54) is 11.3 Å². The zero-order valence-corrected chi connectivity index (χ0v) is 12.6. The standard InChI is InChI=1S/C16H19N3OS/c17-13-8-4-7-12(9-13)15(20)19-16-14(18-10-21-16)11-5-2-1-3-6-11/h1-3,5-6,10,12-13H,4,7-9,17H2,(H,19,20). The highest BCUT2D eigenvalue weighted by Gasteiger charge is 2.26. The monoisotopic (exact) mass is 301 g/mol. The molecule has 5 heteroatoms. The highest BCUT2D eigenvalue weighted by molar-refractivity contribution is 7.14. The van der Waals surface area contributed by atoms with E-state index in [0.29, 0.717) is 0 Å². The van der Waals surface area contributed by atoms with E-state index in [1.807, 2.05) is 30.3 Å². The molecular weight excluding hydrogens is 282 g/mol. The second-order valence-corrected chi connectivity index (χ2v) is 6.36. The topological polar surface area (TPSA) is 68.0 Å². The van der Waals surface area contributed by atoms with Gasteiger partial charge in [-0.3, -0.25) is 4.79 Å². The van der Waals surface area contributed by atoms with E-state index in [9.17, 15) is 4.79 Å². The van der Waals surface area contributed by atoms with Gasteiger partial charge in [0.05, 0.1) is 5.51 Å². The van der Waals surface area contributed by atoms with E-state index < -0.39 is 0 Å². The van der Waals surface area contributed by atoms with Gasteiger partial charge in [0, 0.05) is 17.5 Å². The number of rotatable bonds is 3. The summed E-state index contributed by atoms with van der Waals surface area (Å²) in [7, 11) is 0. The molecule has 1 fully saturated rings. The lowest BCUT2D eigenvalue weighted by Crippen LogP contribution is -2.34. The van der Waals surface area contributed by atoms with Crippen LogP contribution >= 0.6 is 11.3 Å². The molecule has 2 unspecified atom stereocenters. The number of carbonyl (C=O) groups is 1. The SMILES string of the molecule is NC1CCCC(C(=O)Nc2scnc2-c2ccccc2)C1. The summed E-state index contributed by atoms with van der Waals surface area (Å²) in [6.45, 7) is 0. The van der Waals surface area contributed by atoms with Gasteiger partial charge in [0.1, 0.15) is 10.7 Å². The summed E-state index contributed by atoms with van der Waals surface area (Å²) >= 11 is 1.46. The Morgan fingerprint density at radius 1 is 1.29 bits per heavy atom. The minimum atomic E-state index is 0.0273. The summed E-state index contributed by atoms with van der Waals surface area (Å²) in [5.74, 6) is 0.103. The van der Waals surface area contributed by atoms with Crippen LogP contribution in [0.4, 0.5) is 5.00 Å². The van der Waals surface area contributed by atoms with Gasteiger partial charge in [0.25, 0.3) is 0 Å². The molecule has 1 aliphatic carbocycles. The fourth-order valence-corrected chi connectivity index (χ4v) is 3.52. The summed E-state index contributed by atoms with van der Waals surface area (Å²) in [4.78, 5) is 16.8. The summed E-state index contributed by atoms with van der Waals surface area (Å²) in [5, 5.41) is 3.87. The van der Waals surface area contributed by atoms with Crippen molar-refractivity contribution in [1.82, 2.24) is 4.98 Å². The van der Waals surface area contributed by atoms with Crippen LogP contribution in [0.3, 0.4) is 0 Å². The highest BCUT2D eigenvalue weighted by Crippen LogP contribution is 2.32. The molecule has 110 valence electrons. The zero-order valence-electron chi connectivity index (χ0n) is 11.8. The van der Waals surface area contributed by atoms with Crippen LogP contribution in [0.25, 0.3) is 11.3 Å². The van der Waals surface area contributed by atoms with Gasteiger partial charge in [-0.2, -0.15) is 0 Å². The number of carbonyl (C=O) groups excluding carboxylic acids is 1. The lowest BCUT2D eigenvalue weighted by atomic mass is 9.85. The molecule has 2 atom stereocenters. The summed E-state index contributed by atoms with van der Waals surface area (Å²) < 4.78 is 0. The number of hydrogen-bond donors (Lipinski definition) is 2. The molecule has 1 saturated carbocycles. The van der Waals surface area contributed by atoms with Gasteiger partial charge in [-0.25, -0.2) is 4.98 Å². The van der Waals surface area contributed by atoms with E-state index >= 15 is 0 Å². The number of nitrogens with two attached hydrogens (primary N) is 1. The Labute approximate surface area is 128 Å². The van der Waals surface area contributed by atoms with E-state index in [4.69, 9.17) is 5.73 Å². The summed E-state index contributed by atoms with van der Waals surface area (Å²) in [6, 6.07) is 10.1. The van der Waals surface area contributed by atoms with Gasteiger partial charge < -0.3 is 11.1 Å². The van der Waals surface area contributed by atoms with Crippen molar-refractivity contribution in [3.63, 3.8) is 0 Å². The third kappa shape index (κ3) is 3.31. The van der Waals surface area contributed by atoms with Crippen molar-refractivity contribution in [2.45, 2.75) is 31.7 Å². The number of anilines is 1. The molecule has 1 heterocycles. The molecule has 0 bridgehead atoms. The predicted octanol–water partition coefficient (Wildman–Crippen LogP) is 3.27. The van der Waals surface area contributed by atoms with Crippen molar-refractivity contribution in [2.75, 3.05) is 5.32 Å². The number of benzene rings is 1. The Hall–Kier alpha value is -1.72. The van der Waals surface area contributed by atoms with E-state index in [2.05, 4.69) is 10.3 Å². The minimum absolute atomic E-state index is 0.0273. The number of nitrogens with zero attached hydrogens (tertiary/aromatic N) is 1. The molecule has 1 aromatic heterocycles. The van der Waals surface area contributed by atoms with Gasteiger partial charge in [-0.15, -0.1) is 11.3 Å². The molecule has 3 rings (SSSR count). The maximum absolute atomic E-state index is 12.4. The van der Waals surface area contributed by atoms with Crippen LogP contribution in [0.15, 0.2) is 35.8 Å². The fraction of sp³-hybridized carbons (Fsp3) is 0.375. The molecule has 0 saturated heterocycles. The maximum atomic E-state index is 12.4. The first-order valence-electron chi connectivity index (χ1n) is 7.29. The Kier molecular flexibility index (Phi) is 4.31. The van der Waals surface area contributed by atoms with Crippen molar-refractivity contribution in [2.24, 2.45) is 11.7 Å². The molecule has 1 aromatic carbocycles. The quantitative estimate of drug-likeness (QED) is 0.914. The van der Waals surface area contributed by atoms with Crippen molar-refractivity contribution < 1.29 is 4.79 Å². The van der Waals surface area contributed by atoms with Crippen molar-refractivity contribution in [1.29, 1.82) is 0 Å². The van der Waals surface area contributed by atoms with Gasteiger partial charge in [-0.1, -0.05) is 36.8 Å². The van der Waals surface area contributed by atoms with Crippen LogP contribution in [-0.4, -0.2) is 16.9 Å². The molecule has 0 aliphatic heterocycles. The molecule has 1 amide bonds. The second-order valence-electron chi connectivity index (χ2n) is 5.51. The van der Waals surface area contributed by atoms with Crippen LogP contribution in [-0.2, 0) is 4.79 Å². The largest absolute Gasteiger partial charge is 0.328 e. The number of amides is 1. The highest BCUT2D eigenvalue weighted by atomic mass is 32.1. The van der Waals surface area contributed by atoms with Gasteiger partial charge in [0.2, 0.25) is 5.91 Å². The van der Waals surface area contributed by atoms with E-state index in [0.717, 1.165) is 41.9 Å². The lowest BCUT2D eigenvalue weighted by molar-refractivity contribution is -0.120. The normalized spacial score (nSPS) is 22.0. The third-order valence-electron chi connectivity index (χ3n) is 3.94. The van der Waals surface area contributed by atoms with E-state index in [-0.39, 0.29) is 17.9 Å². The average molecular weight is 301 g/mol. The first-order chi connectivity index (χ1) is 10.2. The van der Waals surface area contributed by atoms with Gasteiger partial charge in [-0.05, 0) is 19.3 Å². The smallest absolute Gasteiger partial charge is 0.228 e. The molecule has 0 radical (unpaired) electrons. The van der Waals surface area contributed by atoms with Crippen LogP contribution in [0.2, 0.25) is 0 Å². The zero-order chi connectivity index (χ0) is 14.7. The van der Waals surface area contributed by atoms with Gasteiger partial charge >= 0.3 is 0 Å². The van der Waals surface area contributed by atoms with Crippen LogP contribution in [0.1, 0.15) is 25.7 Å². The van der Waals surface area contributed by atoms with Gasteiger partial charge in [0.15, 0.2) is 0 Å². The van der Waals surface area contributed by atoms with Crippen LogP contribution in [0.5, 0.6) is 0 Å². The molecule has 2 aromatic rings. The second kappa shape index (κ2) is 6.37. The molecule has 0 spiro atoms. The number of aromatic nitrogens is 1. The number of nitrogens with one attached hydrogen (secondary N) is 1. The molecule has 1 aliphatic rings. The maximum Gasteiger partial charge on any atom is 0.228 e. The molecule has 3 N–H and O–H groups in total. The van der Waals surface area contributed by atoms with Crippen LogP contribution < -0.4 is 11.1 Å². The Balaban J connectivity index is 1.74. The Morgan fingerprint density at radius 3 is 2.86 bits per heavy atom. The van der Waals surface area contributed by atoms with Crippen molar-refractivity contribution in [3.05, 3.63) is 35.8 Å². The van der Waals surface area contributed by atoms with Crippen molar-refractivity contribution in [3.8, 4) is 11.3 Å². The van der Waals surface area contributed by atoms with Crippen LogP contribution in [0, 0.1) is 5.92 Å². The molecule has 21 heavy (non-hydrogen) atoms. The molecular formula is C16H19N3OS. The third-order valence-corrected chi connectivity index (χ3v) is 4.68. The fourth-order valence-electron chi connectivity index (χ4n) is 2.82. The average Bonchev–Trinajstić information content (AvgIpc) is 2.96. The minimum Gasteiger partial charge on any atom is -0.328 e. The summed E-state index contributed by atoms with van der Waals surface area (Å²) in [5.41, 5.74) is 9.60. The first kappa shape index (κ1) is 14.2. The number of thiazole rings is 1. The first-order valence-corrected chi connectivity index (χ1v) is 8.17. The Bertz CT molecular complexity index is 611. The predicted molar refractivity (Wildman–Crippen MR) is 86.1 cm³/mol. The Morgan fingerprint density at radius 2 is 2.10 bits per heavy atom. The molecule has 4 nitrogen and oxygen atoms in total. The lowest BCUT2D eigenvalue weighted by Gasteiger charge is -2.25. The van der Waals surface area contributed by atoms with E-state index in [1.54, 1.807) is 5.51 Å². The number of hydrogen-bond acceptors (Lipinski definition) is 4. The summed E-state index contributed by atoms with van der Waals surface area (Å²) in [6.07, 6.45) is 3.78.